The van der Waals surface area contributed by atoms with Crippen LogP contribution in [0.1, 0.15) is 60.1 Å². The molecule has 184 valence electrons. The maximum atomic E-state index is 12.9. The number of piperidine rings is 1. The SMILES string of the molecule is CCC1(c2ccc(NC(=O)CC(NC(=O)c3ccccc3)c3ccccc3)cc2)CCC(=O)NC1=O. The van der Waals surface area contributed by atoms with Crippen molar-refractivity contribution in [1.82, 2.24) is 10.6 Å². The fourth-order valence-electron chi connectivity index (χ4n) is 4.60. The van der Waals surface area contributed by atoms with Crippen LogP contribution in [0.5, 0.6) is 0 Å². The number of imide groups is 1. The normalized spacial score (nSPS) is 18.1. The van der Waals surface area contributed by atoms with Gasteiger partial charge in [0.2, 0.25) is 17.7 Å². The van der Waals surface area contributed by atoms with Crippen LogP contribution in [-0.4, -0.2) is 23.6 Å². The molecule has 1 aliphatic heterocycles. The van der Waals surface area contributed by atoms with E-state index in [4.69, 9.17) is 0 Å². The second-order valence-electron chi connectivity index (χ2n) is 8.95. The van der Waals surface area contributed by atoms with Crippen molar-refractivity contribution >= 4 is 29.3 Å². The zero-order valence-corrected chi connectivity index (χ0v) is 20.1. The molecule has 7 heteroatoms. The Labute approximate surface area is 210 Å². The van der Waals surface area contributed by atoms with Gasteiger partial charge in [0.1, 0.15) is 0 Å². The van der Waals surface area contributed by atoms with Crippen molar-refractivity contribution < 1.29 is 19.2 Å². The topological polar surface area (TPSA) is 104 Å². The molecular formula is C29H29N3O4. The summed E-state index contributed by atoms with van der Waals surface area (Å²) in [5.74, 6) is -1.04. The second kappa shape index (κ2) is 11.0. The first-order chi connectivity index (χ1) is 17.4. The van der Waals surface area contributed by atoms with Crippen molar-refractivity contribution in [3.8, 4) is 0 Å². The van der Waals surface area contributed by atoms with E-state index in [1.165, 1.54) is 0 Å². The largest absolute Gasteiger partial charge is 0.345 e. The predicted octanol–water partition coefficient (Wildman–Crippen LogP) is 4.27. The molecule has 0 aromatic heterocycles. The van der Waals surface area contributed by atoms with Crippen molar-refractivity contribution in [2.24, 2.45) is 0 Å². The van der Waals surface area contributed by atoms with Crippen molar-refractivity contribution in [2.45, 2.75) is 44.1 Å². The molecule has 3 aromatic carbocycles. The molecule has 4 amide bonds. The molecule has 0 aliphatic carbocycles. The zero-order chi connectivity index (χ0) is 25.5. The number of carbonyl (C=O) groups excluding carboxylic acids is 4. The number of amides is 4. The Morgan fingerprint density at radius 3 is 2.17 bits per heavy atom. The molecule has 1 heterocycles. The summed E-state index contributed by atoms with van der Waals surface area (Å²) >= 11 is 0. The highest BCUT2D eigenvalue weighted by Crippen LogP contribution is 2.36. The van der Waals surface area contributed by atoms with Crippen molar-refractivity contribution in [2.75, 3.05) is 5.32 Å². The molecule has 3 aromatic rings. The van der Waals surface area contributed by atoms with Gasteiger partial charge in [0, 0.05) is 17.7 Å². The molecule has 0 saturated carbocycles. The average Bonchev–Trinajstić information content (AvgIpc) is 2.90. The highest BCUT2D eigenvalue weighted by atomic mass is 16.2. The van der Waals surface area contributed by atoms with Crippen LogP contribution in [-0.2, 0) is 19.8 Å². The number of hydrogen-bond acceptors (Lipinski definition) is 4. The number of carbonyl (C=O) groups is 4. The summed E-state index contributed by atoms with van der Waals surface area (Å²) < 4.78 is 0. The molecule has 7 nitrogen and oxygen atoms in total. The second-order valence-corrected chi connectivity index (χ2v) is 8.95. The van der Waals surface area contributed by atoms with Gasteiger partial charge in [-0.05, 0) is 48.2 Å². The van der Waals surface area contributed by atoms with E-state index in [0.29, 0.717) is 30.5 Å². The van der Waals surface area contributed by atoms with Crippen LogP contribution in [0.25, 0.3) is 0 Å². The van der Waals surface area contributed by atoms with E-state index in [2.05, 4.69) is 16.0 Å². The number of benzene rings is 3. The fourth-order valence-corrected chi connectivity index (χ4v) is 4.60. The minimum Gasteiger partial charge on any atom is -0.345 e. The van der Waals surface area contributed by atoms with Gasteiger partial charge in [0.05, 0.1) is 17.9 Å². The van der Waals surface area contributed by atoms with Gasteiger partial charge >= 0.3 is 0 Å². The quantitative estimate of drug-likeness (QED) is 0.416. The molecule has 1 aliphatic rings. The summed E-state index contributed by atoms with van der Waals surface area (Å²) in [4.78, 5) is 50.0. The van der Waals surface area contributed by atoms with Crippen LogP contribution < -0.4 is 16.0 Å². The molecule has 2 atom stereocenters. The van der Waals surface area contributed by atoms with Crippen molar-refractivity contribution in [1.29, 1.82) is 0 Å². The number of nitrogens with one attached hydrogen (secondary N) is 3. The molecule has 1 saturated heterocycles. The van der Waals surface area contributed by atoms with Crippen LogP contribution >= 0.6 is 0 Å². The first-order valence-electron chi connectivity index (χ1n) is 12.1. The minimum absolute atomic E-state index is 0.0494. The van der Waals surface area contributed by atoms with Gasteiger partial charge in [0.15, 0.2) is 0 Å². The number of hydrogen-bond donors (Lipinski definition) is 3. The Kier molecular flexibility index (Phi) is 7.59. The average molecular weight is 484 g/mol. The van der Waals surface area contributed by atoms with Gasteiger partial charge in [-0.2, -0.15) is 0 Å². The van der Waals surface area contributed by atoms with Crippen LogP contribution in [0.2, 0.25) is 0 Å². The Morgan fingerprint density at radius 1 is 0.917 bits per heavy atom. The predicted molar refractivity (Wildman–Crippen MR) is 137 cm³/mol. The monoisotopic (exact) mass is 483 g/mol. The molecule has 0 spiro atoms. The molecule has 2 unspecified atom stereocenters. The third-order valence-corrected chi connectivity index (χ3v) is 6.72. The lowest BCUT2D eigenvalue weighted by atomic mass is 9.72. The van der Waals surface area contributed by atoms with E-state index in [-0.39, 0.29) is 30.0 Å². The molecule has 0 bridgehead atoms. The van der Waals surface area contributed by atoms with Crippen LogP contribution in [0.15, 0.2) is 84.9 Å². The Bertz CT molecular complexity index is 1240. The third-order valence-electron chi connectivity index (χ3n) is 6.72. The van der Waals surface area contributed by atoms with Gasteiger partial charge in [-0.15, -0.1) is 0 Å². The summed E-state index contributed by atoms with van der Waals surface area (Å²) in [6.45, 7) is 1.93. The summed E-state index contributed by atoms with van der Waals surface area (Å²) in [5.41, 5.74) is 1.99. The van der Waals surface area contributed by atoms with E-state index in [9.17, 15) is 19.2 Å². The zero-order valence-electron chi connectivity index (χ0n) is 20.1. The van der Waals surface area contributed by atoms with Crippen LogP contribution in [0.3, 0.4) is 0 Å². The van der Waals surface area contributed by atoms with Gasteiger partial charge in [-0.1, -0.05) is 67.6 Å². The lowest BCUT2D eigenvalue weighted by Crippen LogP contribution is -2.51. The van der Waals surface area contributed by atoms with Crippen molar-refractivity contribution in [3.05, 3.63) is 102 Å². The third kappa shape index (κ3) is 5.51. The van der Waals surface area contributed by atoms with Gasteiger partial charge in [0.25, 0.3) is 5.91 Å². The Morgan fingerprint density at radius 2 is 1.56 bits per heavy atom. The van der Waals surface area contributed by atoms with Gasteiger partial charge in [-0.25, -0.2) is 0 Å². The molecular weight excluding hydrogens is 454 g/mol. The Hall–Kier alpha value is -4.26. The lowest BCUT2D eigenvalue weighted by molar-refractivity contribution is -0.138. The number of anilines is 1. The highest BCUT2D eigenvalue weighted by Gasteiger charge is 2.42. The maximum absolute atomic E-state index is 12.9. The smallest absolute Gasteiger partial charge is 0.251 e. The van der Waals surface area contributed by atoms with Crippen molar-refractivity contribution in [3.63, 3.8) is 0 Å². The fraction of sp³-hybridized carbons (Fsp3) is 0.241. The summed E-state index contributed by atoms with van der Waals surface area (Å²) in [6, 6.07) is 24.9. The molecule has 4 rings (SSSR count). The van der Waals surface area contributed by atoms with E-state index in [1.54, 1.807) is 36.4 Å². The molecule has 36 heavy (non-hydrogen) atoms. The van der Waals surface area contributed by atoms with Crippen LogP contribution in [0.4, 0.5) is 5.69 Å². The first-order valence-corrected chi connectivity index (χ1v) is 12.1. The van der Waals surface area contributed by atoms with E-state index >= 15 is 0 Å². The maximum Gasteiger partial charge on any atom is 0.251 e. The molecule has 3 N–H and O–H groups in total. The number of rotatable bonds is 8. The Balaban J connectivity index is 1.46. The summed E-state index contributed by atoms with van der Waals surface area (Å²) in [7, 11) is 0. The standard InChI is InChI=1S/C29H29N3O4/c1-2-29(18-17-25(33)32-28(29)36)22-13-15-23(16-14-22)30-26(34)19-24(20-9-5-3-6-10-20)31-27(35)21-11-7-4-8-12-21/h3-16,24H,2,17-19H2,1H3,(H,30,34)(H,31,35)(H,32,33,36). The lowest BCUT2D eigenvalue weighted by Gasteiger charge is -2.35. The van der Waals surface area contributed by atoms with Gasteiger partial charge in [-0.3, -0.25) is 24.5 Å². The van der Waals surface area contributed by atoms with Gasteiger partial charge < -0.3 is 10.6 Å². The van der Waals surface area contributed by atoms with E-state index < -0.39 is 11.5 Å². The summed E-state index contributed by atoms with van der Waals surface area (Å²) in [5, 5.41) is 8.31. The molecule has 1 fully saturated rings. The highest BCUT2D eigenvalue weighted by molar-refractivity contribution is 6.03. The summed E-state index contributed by atoms with van der Waals surface area (Å²) in [6.07, 6.45) is 1.37. The first kappa shape index (κ1) is 24.9. The minimum atomic E-state index is -0.753. The van der Waals surface area contributed by atoms with E-state index in [1.807, 2.05) is 55.5 Å². The van der Waals surface area contributed by atoms with E-state index in [0.717, 1.165) is 11.1 Å². The molecule has 0 radical (unpaired) electrons. The van der Waals surface area contributed by atoms with Crippen LogP contribution in [0, 0.1) is 0 Å².